The Balaban J connectivity index is 1.37. The van der Waals surface area contributed by atoms with Gasteiger partial charge < -0.3 is 28.7 Å². The van der Waals surface area contributed by atoms with Gasteiger partial charge in [0.15, 0.2) is 0 Å². The molecule has 4 rings (SSSR count). The van der Waals surface area contributed by atoms with Crippen LogP contribution in [0, 0.1) is 0 Å². The minimum absolute atomic E-state index is 0.0582. The minimum atomic E-state index is -0.998. The van der Waals surface area contributed by atoms with Crippen LogP contribution in [-0.2, 0) is 20.9 Å². The monoisotopic (exact) mass is 517 g/mol. The van der Waals surface area contributed by atoms with Crippen molar-refractivity contribution in [1.29, 1.82) is 0 Å². The Morgan fingerprint density at radius 2 is 1.66 bits per heavy atom. The van der Waals surface area contributed by atoms with Gasteiger partial charge in [-0.3, -0.25) is 4.79 Å². The van der Waals surface area contributed by atoms with E-state index in [9.17, 15) is 19.2 Å². The molecule has 1 amide bonds. The Morgan fingerprint density at radius 1 is 0.947 bits per heavy atom. The van der Waals surface area contributed by atoms with Crippen LogP contribution in [0.5, 0.6) is 17.2 Å². The van der Waals surface area contributed by atoms with Gasteiger partial charge in [0, 0.05) is 6.07 Å². The number of rotatable bonds is 8. The van der Waals surface area contributed by atoms with E-state index in [1.165, 1.54) is 56.5 Å². The van der Waals surface area contributed by atoms with Crippen molar-refractivity contribution >= 4 is 29.0 Å². The van der Waals surface area contributed by atoms with Gasteiger partial charge in [-0.05, 0) is 48.9 Å². The Labute approximate surface area is 216 Å². The number of alkyl carbamates (subject to hydrolysis) is 1. The van der Waals surface area contributed by atoms with Crippen LogP contribution < -0.4 is 20.2 Å². The largest absolute Gasteiger partial charge is 0.465 e. The summed E-state index contributed by atoms with van der Waals surface area (Å²) in [4.78, 5) is 48.8. The molecule has 0 aliphatic heterocycles. The highest BCUT2D eigenvalue weighted by atomic mass is 16.6. The fourth-order valence-electron chi connectivity index (χ4n) is 3.33. The molecule has 38 heavy (non-hydrogen) atoms. The molecule has 1 atom stereocenters. The molecule has 1 unspecified atom stereocenters. The number of carbonyl (C=O) groups is 3. The standard InChI is InChI=1S/C28H23NO9/c1-17(29-28(33)36-15-18-6-4-3-5-7-18)26(31)38-21-12-13-22-23(14-21)35-16-24(25(22)30)37-20-10-8-19(9-11-20)27(32)34-2/h3-14,16-17H,15H2,1-2H3,(H,29,33). The molecule has 0 radical (unpaired) electrons. The summed E-state index contributed by atoms with van der Waals surface area (Å²) >= 11 is 0. The molecule has 10 heteroatoms. The van der Waals surface area contributed by atoms with Crippen molar-refractivity contribution in [3.63, 3.8) is 0 Å². The van der Waals surface area contributed by atoms with Crippen LogP contribution >= 0.6 is 0 Å². The summed E-state index contributed by atoms with van der Waals surface area (Å²) in [6, 6.07) is 18.4. The summed E-state index contributed by atoms with van der Waals surface area (Å²) in [5, 5.41) is 2.61. The average Bonchev–Trinajstić information content (AvgIpc) is 2.94. The molecule has 1 N–H and O–H groups in total. The van der Waals surface area contributed by atoms with Crippen molar-refractivity contribution in [2.45, 2.75) is 19.6 Å². The molecule has 194 valence electrons. The van der Waals surface area contributed by atoms with Gasteiger partial charge in [-0.1, -0.05) is 30.3 Å². The number of hydrogen-bond acceptors (Lipinski definition) is 9. The number of fused-ring (bicyclic) bond motifs is 1. The van der Waals surface area contributed by atoms with E-state index in [4.69, 9.17) is 18.6 Å². The topological polar surface area (TPSA) is 130 Å². The first-order valence-electron chi connectivity index (χ1n) is 11.4. The van der Waals surface area contributed by atoms with Crippen molar-refractivity contribution in [3.8, 4) is 17.2 Å². The Bertz CT molecular complexity index is 1510. The van der Waals surface area contributed by atoms with E-state index in [2.05, 4.69) is 10.1 Å². The van der Waals surface area contributed by atoms with Crippen LogP contribution in [-0.4, -0.2) is 31.2 Å². The molecule has 0 aliphatic rings. The van der Waals surface area contributed by atoms with Gasteiger partial charge >= 0.3 is 18.0 Å². The predicted octanol–water partition coefficient (Wildman–Crippen LogP) is 4.59. The number of benzene rings is 3. The SMILES string of the molecule is COC(=O)c1ccc(Oc2coc3cc(OC(=O)C(C)NC(=O)OCc4ccccc4)ccc3c2=O)cc1. The van der Waals surface area contributed by atoms with Crippen molar-refractivity contribution in [2.75, 3.05) is 7.11 Å². The van der Waals surface area contributed by atoms with Gasteiger partial charge in [0.1, 0.15) is 36.0 Å². The molecule has 1 aromatic heterocycles. The lowest BCUT2D eigenvalue weighted by molar-refractivity contribution is -0.136. The van der Waals surface area contributed by atoms with E-state index < -0.39 is 29.5 Å². The first kappa shape index (κ1) is 26.0. The second-order valence-electron chi connectivity index (χ2n) is 8.05. The summed E-state index contributed by atoms with van der Waals surface area (Å²) < 4.78 is 26.2. The molecule has 1 heterocycles. The van der Waals surface area contributed by atoms with Crippen LogP contribution in [0.3, 0.4) is 0 Å². The van der Waals surface area contributed by atoms with Crippen LogP contribution in [0.1, 0.15) is 22.8 Å². The van der Waals surface area contributed by atoms with Crippen LogP contribution in [0.15, 0.2) is 88.3 Å². The van der Waals surface area contributed by atoms with E-state index in [-0.39, 0.29) is 29.1 Å². The molecular weight excluding hydrogens is 494 g/mol. The van der Waals surface area contributed by atoms with Crippen molar-refractivity contribution < 1.29 is 37.7 Å². The maximum Gasteiger partial charge on any atom is 0.408 e. The highest BCUT2D eigenvalue weighted by Crippen LogP contribution is 2.24. The van der Waals surface area contributed by atoms with Crippen LogP contribution in [0.25, 0.3) is 11.0 Å². The molecular formula is C28H23NO9. The third kappa shape index (κ3) is 6.35. The van der Waals surface area contributed by atoms with Crippen molar-refractivity contribution in [1.82, 2.24) is 5.32 Å². The number of ether oxygens (including phenoxy) is 4. The summed E-state index contributed by atoms with van der Waals surface area (Å²) in [5.74, 6) is -0.868. The van der Waals surface area contributed by atoms with Gasteiger partial charge in [-0.15, -0.1) is 0 Å². The fourth-order valence-corrected chi connectivity index (χ4v) is 3.33. The van der Waals surface area contributed by atoms with Crippen molar-refractivity contribution in [3.05, 3.63) is 100 Å². The van der Waals surface area contributed by atoms with Crippen molar-refractivity contribution in [2.24, 2.45) is 0 Å². The maximum absolute atomic E-state index is 12.9. The summed E-state index contributed by atoms with van der Waals surface area (Å²) in [5.41, 5.74) is 0.857. The van der Waals surface area contributed by atoms with E-state index >= 15 is 0 Å². The molecule has 0 aliphatic carbocycles. The quantitative estimate of drug-likeness (QED) is 0.263. The third-order valence-electron chi connectivity index (χ3n) is 5.34. The molecule has 3 aromatic carbocycles. The lowest BCUT2D eigenvalue weighted by Crippen LogP contribution is -2.41. The van der Waals surface area contributed by atoms with E-state index in [1.54, 1.807) is 0 Å². The Morgan fingerprint density at radius 3 is 2.37 bits per heavy atom. The highest BCUT2D eigenvalue weighted by Gasteiger charge is 2.19. The molecule has 10 nitrogen and oxygen atoms in total. The van der Waals surface area contributed by atoms with Gasteiger partial charge in [-0.2, -0.15) is 0 Å². The number of hydrogen-bond donors (Lipinski definition) is 1. The summed E-state index contributed by atoms with van der Waals surface area (Å²) in [6.07, 6.45) is 0.368. The number of nitrogens with one attached hydrogen (secondary N) is 1. The maximum atomic E-state index is 12.9. The lowest BCUT2D eigenvalue weighted by Gasteiger charge is -2.13. The average molecular weight is 517 g/mol. The zero-order valence-corrected chi connectivity index (χ0v) is 20.5. The number of carbonyl (C=O) groups excluding carboxylic acids is 3. The van der Waals surface area contributed by atoms with Gasteiger partial charge in [-0.25, -0.2) is 14.4 Å². The molecule has 0 bridgehead atoms. The summed E-state index contributed by atoms with van der Waals surface area (Å²) in [7, 11) is 1.28. The van der Waals surface area contributed by atoms with Gasteiger partial charge in [0.2, 0.25) is 11.2 Å². The molecule has 0 fully saturated rings. The zero-order chi connectivity index (χ0) is 27.1. The first-order valence-corrected chi connectivity index (χ1v) is 11.4. The highest BCUT2D eigenvalue weighted by molar-refractivity contribution is 5.89. The van der Waals surface area contributed by atoms with E-state index in [1.807, 2.05) is 30.3 Å². The third-order valence-corrected chi connectivity index (χ3v) is 5.34. The predicted molar refractivity (Wildman–Crippen MR) is 135 cm³/mol. The lowest BCUT2D eigenvalue weighted by atomic mass is 10.2. The normalized spacial score (nSPS) is 11.3. The van der Waals surface area contributed by atoms with Gasteiger partial charge in [0.25, 0.3) is 0 Å². The van der Waals surface area contributed by atoms with E-state index in [0.717, 1.165) is 11.8 Å². The van der Waals surface area contributed by atoms with Crippen LogP contribution in [0.4, 0.5) is 4.79 Å². The molecule has 0 saturated carbocycles. The Kier molecular flexibility index (Phi) is 8.02. The number of amides is 1. The first-order chi connectivity index (χ1) is 18.3. The summed E-state index contributed by atoms with van der Waals surface area (Å²) in [6.45, 7) is 1.51. The minimum Gasteiger partial charge on any atom is -0.465 e. The zero-order valence-electron chi connectivity index (χ0n) is 20.5. The smallest absolute Gasteiger partial charge is 0.408 e. The van der Waals surface area contributed by atoms with Gasteiger partial charge in [0.05, 0.1) is 18.1 Å². The molecule has 4 aromatic rings. The second-order valence-corrected chi connectivity index (χ2v) is 8.05. The second kappa shape index (κ2) is 11.7. The number of methoxy groups -OCH3 is 1. The number of esters is 2. The molecule has 0 spiro atoms. The Hall–Kier alpha value is -5.12. The fraction of sp³-hybridized carbons (Fsp3) is 0.143. The van der Waals surface area contributed by atoms with E-state index in [0.29, 0.717) is 11.3 Å². The van der Waals surface area contributed by atoms with Crippen LogP contribution in [0.2, 0.25) is 0 Å². The molecule has 0 saturated heterocycles.